The number of benzene rings is 1. The van der Waals surface area contributed by atoms with Gasteiger partial charge in [0.2, 0.25) is 11.8 Å². The zero-order valence-corrected chi connectivity index (χ0v) is 21.6. The molecule has 3 N–H and O–H groups in total. The Labute approximate surface area is 215 Å². The van der Waals surface area contributed by atoms with Gasteiger partial charge in [0.15, 0.2) is 11.6 Å². The fraction of sp³-hybridized carbons (Fsp3) is 0.407. The molecule has 0 spiro atoms. The quantitative estimate of drug-likeness (QED) is 0.250. The van der Waals surface area contributed by atoms with Crippen molar-refractivity contribution < 1.29 is 23.7 Å². The number of ketones is 2. The number of amides is 2. The highest BCUT2D eigenvalue weighted by Gasteiger charge is 2.28. The third kappa shape index (κ3) is 8.52. The van der Waals surface area contributed by atoms with Crippen molar-refractivity contribution in [3.63, 3.8) is 0 Å². The molecular formula is C27H33N5O5. The highest BCUT2D eigenvalue weighted by Crippen LogP contribution is 2.19. The van der Waals surface area contributed by atoms with Crippen LogP contribution in [0.3, 0.4) is 0 Å². The molecule has 0 saturated carbocycles. The minimum atomic E-state index is -0.881. The van der Waals surface area contributed by atoms with Crippen molar-refractivity contribution >= 4 is 23.4 Å². The maximum atomic E-state index is 12.9. The number of hydrogen-bond acceptors (Lipinski definition) is 7. The number of Topliss-reactive ketones (excluding diaryl/α,β-unsaturated/α-hetero) is 2. The Kier molecular flexibility index (Phi) is 9.10. The van der Waals surface area contributed by atoms with E-state index in [9.17, 15) is 19.2 Å². The molecule has 0 unspecified atom stereocenters. The number of hydrogen-bond donors (Lipinski definition) is 3. The standard InChI is InChI=1S/C27H33N5O5/c1-17-13-22(32-37-17)24(34)15-20(16-25(35)30-27(2,3)4)26(36)28-11-6-9-23(33)19-8-5-7-18(14-19)21-10-12-29-31-21/h5,7-8,10,12-14,20H,6,9,11,15-16H2,1-4H3,(H,28,36)(H,29,31)(H,30,35)/t20-/m0/s1. The Bertz CT molecular complexity index is 1240. The molecule has 0 bridgehead atoms. The van der Waals surface area contributed by atoms with Crippen LogP contribution in [0, 0.1) is 12.8 Å². The van der Waals surface area contributed by atoms with E-state index in [1.165, 1.54) is 6.07 Å². The lowest BCUT2D eigenvalue weighted by molar-refractivity contribution is -0.130. The SMILES string of the molecule is Cc1cc(C(=O)C[C@@H](CC(=O)NC(C)(C)C)C(=O)NCCCC(=O)c2cccc(-c3ccn[nH]3)c2)no1. The molecule has 10 nitrogen and oxygen atoms in total. The van der Waals surface area contributed by atoms with Gasteiger partial charge in [0.05, 0.1) is 11.6 Å². The van der Waals surface area contributed by atoms with Crippen molar-refractivity contribution in [3.8, 4) is 11.3 Å². The van der Waals surface area contributed by atoms with Gasteiger partial charge in [0.25, 0.3) is 0 Å². The van der Waals surface area contributed by atoms with Crippen LogP contribution >= 0.6 is 0 Å². The van der Waals surface area contributed by atoms with E-state index >= 15 is 0 Å². The molecule has 1 aromatic carbocycles. The zero-order valence-electron chi connectivity index (χ0n) is 21.6. The van der Waals surface area contributed by atoms with Crippen molar-refractivity contribution in [1.29, 1.82) is 0 Å². The first-order chi connectivity index (χ1) is 17.5. The summed E-state index contributed by atoms with van der Waals surface area (Å²) in [7, 11) is 0. The van der Waals surface area contributed by atoms with Crippen LogP contribution in [0.1, 0.15) is 73.1 Å². The number of carbonyl (C=O) groups is 4. The molecule has 3 rings (SSSR count). The van der Waals surface area contributed by atoms with Crippen molar-refractivity contribution in [2.45, 2.75) is 58.9 Å². The molecule has 2 aromatic heterocycles. The number of nitrogens with zero attached hydrogens (tertiary/aromatic N) is 2. The van der Waals surface area contributed by atoms with Crippen molar-refractivity contribution in [2.24, 2.45) is 5.92 Å². The van der Waals surface area contributed by atoms with Gasteiger partial charge in [-0.2, -0.15) is 5.10 Å². The van der Waals surface area contributed by atoms with Gasteiger partial charge in [-0.3, -0.25) is 24.3 Å². The molecule has 0 radical (unpaired) electrons. The maximum Gasteiger partial charge on any atom is 0.224 e. The summed E-state index contributed by atoms with van der Waals surface area (Å²) in [5.74, 6) is -1.58. The number of nitrogens with one attached hydrogen (secondary N) is 3. The van der Waals surface area contributed by atoms with Gasteiger partial charge in [-0.25, -0.2) is 0 Å². The Morgan fingerprint density at radius 1 is 1.05 bits per heavy atom. The Morgan fingerprint density at radius 3 is 2.49 bits per heavy atom. The second-order valence-electron chi connectivity index (χ2n) is 10.0. The number of carbonyl (C=O) groups excluding carboxylic acids is 4. The maximum absolute atomic E-state index is 12.9. The van der Waals surface area contributed by atoms with Crippen molar-refractivity contribution in [1.82, 2.24) is 26.0 Å². The molecule has 0 aliphatic carbocycles. The van der Waals surface area contributed by atoms with Gasteiger partial charge in [-0.15, -0.1) is 0 Å². The molecule has 3 aromatic rings. The van der Waals surface area contributed by atoms with E-state index in [4.69, 9.17) is 4.52 Å². The monoisotopic (exact) mass is 507 g/mol. The third-order valence-corrected chi connectivity index (χ3v) is 5.54. The first-order valence-electron chi connectivity index (χ1n) is 12.2. The molecule has 1 atom stereocenters. The van der Waals surface area contributed by atoms with E-state index in [2.05, 4.69) is 26.0 Å². The van der Waals surface area contributed by atoms with Gasteiger partial charge in [-0.05, 0) is 46.2 Å². The van der Waals surface area contributed by atoms with Crippen molar-refractivity contribution in [3.05, 3.63) is 59.6 Å². The Balaban J connectivity index is 1.55. The lowest BCUT2D eigenvalue weighted by Gasteiger charge is -2.22. The smallest absolute Gasteiger partial charge is 0.224 e. The summed E-state index contributed by atoms with van der Waals surface area (Å²) in [6, 6.07) is 10.6. The van der Waals surface area contributed by atoms with Crippen molar-refractivity contribution in [2.75, 3.05) is 6.54 Å². The Morgan fingerprint density at radius 2 is 1.84 bits per heavy atom. The largest absolute Gasteiger partial charge is 0.361 e. The van der Waals surface area contributed by atoms with Gasteiger partial charge in [-0.1, -0.05) is 23.4 Å². The summed E-state index contributed by atoms with van der Waals surface area (Å²) in [6.45, 7) is 7.42. The second kappa shape index (κ2) is 12.2. The van der Waals surface area contributed by atoms with E-state index < -0.39 is 17.4 Å². The summed E-state index contributed by atoms with van der Waals surface area (Å²) in [5, 5.41) is 16.1. The normalized spacial score (nSPS) is 12.1. The van der Waals surface area contributed by atoms with Crippen LogP contribution in [0.5, 0.6) is 0 Å². The fourth-order valence-electron chi connectivity index (χ4n) is 3.80. The summed E-state index contributed by atoms with van der Waals surface area (Å²) in [6.07, 6.45) is 1.96. The molecule has 0 aliphatic rings. The number of aromatic amines is 1. The van der Waals surface area contributed by atoms with E-state index in [0.29, 0.717) is 17.7 Å². The predicted octanol–water partition coefficient (Wildman–Crippen LogP) is 3.65. The lowest BCUT2D eigenvalue weighted by atomic mass is 9.95. The molecule has 0 fully saturated rings. The van der Waals surface area contributed by atoms with Gasteiger partial charge in [0.1, 0.15) is 11.5 Å². The number of rotatable bonds is 12. The highest BCUT2D eigenvalue weighted by atomic mass is 16.5. The van der Waals surface area contributed by atoms with Crippen LogP contribution in [0.2, 0.25) is 0 Å². The summed E-state index contributed by atoms with van der Waals surface area (Å²) >= 11 is 0. The van der Waals surface area contributed by atoms with Crippen LogP contribution in [0.15, 0.2) is 47.1 Å². The van der Waals surface area contributed by atoms with E-state index in [1.807, 2.05) is 39.0 Å². The summed E-state index contributed by atoms with van der Waals surface area (Å²) in [5.41, 5.74) is 1.90. The molecule has 10 heteroatoms. The second-order valence-corrected chi connectivity index (χ2v) is 10.0. The average molecular weight is 508 g/mol. The molecule has 0 aliphatic heterocycles. The minimum absolute atomic E-state index is 0.0479. The van der Waals surface area contributed by atoms with Gasteiger partial charge in [0, 0.05) is 54.7 Å². The van der Waals surface area contributed by atoms with E-state index in [-0.39, 0.29) is 49.0 Å². The first-order valence-corrected chi connectivity index (χ1v) is 12.2. The minimum Gasteiger partial charge on any atom is -0.361 e. The van der Waals surface area contributed by atoms with Crippen LogP contribution in [-0.4, -0.2) is 50.8 Å². The first kappa shape index (κ1) is 27.5. The van der Waals surface area contributed by atoms with Gasteiger partial charge >= 0.3 is 0 Å². The fourth-order valence-corrected chi connectivity index (χ4v) is 3.80. The van der Waals surface area contributed by atoms with Crippen LogP contribution in [-0.2, 0) is 9.59 Å². The number of H-pyrrole nitrogens is 1. The number of aromatic nitrogens is 3. The topological polar surface area (TPSA) is 147 Å². The molecule has 0 saturated heterocycles. The molecule has 196 valence electrons. The van der Waals surface area contributed by atoms with Crippen LogP contribution < -0.4 is 10.6 Å². The van der Waals surface area contributed by atoms with Crippen LogP contribution in [0.4, 0.5) is 0 Å². The molecule has 2 heterocycles. The number of aryl methyl sites for hydroxylation is 1. The third-order valence-electron chi connectivity index (χ3n) is 5.54. The van der Waals surface area contributed by atoms with Gasteiger partial charge < -0.3 is 15.2 Å². The Hall–Kier alpha value is -4.08. The van der Waals surface area contributed by atoms with E-state index in [0.717, 1.165) is 11.3 Å². The molecule has 2 amide bonds. The van der Waals surface area contributed by atoms with E-state index in [1.54, 1.807) is 25.3 Å². The zero-order chi connectivity index (χ0) is 27.0. The molecular weight excluding hydrogens is 474 g/mol. The summed E-state index contributed by atoms with van der Waals surface area (Å²) < 4.78 is 4.95. The van der Waals surface area contributed by atoms with Crippen LogP contribution in [0.25, 0.3) is 11.3 Å². The predicted molar refractivity (Wildman–Crippen MR) is 137 cm³/mol. The summed E-state index contributed by atoms with van der Waals surface area (Å²) in [4.78, 5) is 50.7. The molecule has 37 heavy (non-hydrogen) atoms. The lowest BCUT2D eigenvalue weighted by Crippen LogP contribution is -2.43. The highest BCUT2D eigenvalue weighted by molar-refractivity contribution is 5.98. The average Bonchev–Trinajstić information content (AvgIpc) is 3.52.